The molecule has 2 N–H and O–H groups in total. The van der Waals surface area contributed by atoms with E-state index in [0.29, 0.717) is 6.04 Å². The first-order valence-corrected chi connectivity index (χ1v) is 6.79. The average molecular weight is 276 g/mol. The molecule has 0 radical (unpaired) electrons. The van der Waals surface area contributed by atoms with Crippen LogP contribution in [0.4, 0.5) is 0 Å². The molecule has 2 rings (SSSR count). The average Bonchev–Trinajstić information content (AvgIpc) is 2.71. The van der Waals surface area contributed by atoms with Crippen molar-refractivity contribution in [3.05, 3.63) is 16.1 Å². The van der Waals surface area contributed by atoms with Gasteiger partial charge in [0.25, 0.3) is 0 Å². The molecule has 98 valence electrons. The van der Waals surface area contributed by atoms with E-state index < -0.39 is 0 Å². The van der Waals surface area contributed by atoms with Crippen molar-refractivity contribution in [3.63, 3.8) is 0 Å². The molecule has 5 heteroatoms. The summed E-state index contributed by atoms with van der Waals surface area (Å²) in [5, 5.41) is 3.36. The highest BCUT2D eigenvalue weighted by atomic mass is 35.5. The van der Waals surface area contributed by atoms with E-state index in [1.165, 1.54) is 18.5 Å². The first kappa shape index (κ1) is 14.9. The predicted octanol–water partition coefficient (Wildman–Crippen LogP) is 2.75. The summed E-state index contributed by atoms with van der Waals surface area (Å²) in [7, 11) is 0. The van der Waals surface area contributed by atoms with Crippen LogP contribution in [0.3, 0.4) is 0 Å². The summed E-state index contributed by atoms with van der Waals surface area (Å²) in [6.45, 7) is 8.36. The minimum atomic E-state index is -0.117. The Morgan fingerprint density at radius 3 is 2.82 bits per heavy atom. The molecule has 0 saturated carbocycles. The number of nitrogens with zero attached hydrogens (tertiary/aromatic N) is 2. The standard InChI is InChI=1S/C12H21N3S.ClH/c1-9-14-10(7-16-9)11-5-4-6-15(11)8-12(2,3)13;/h7,11H,4-6,8,13H2,1-3H3;1H. The van der Waals surface area contributed by atoms with Crippen LogP contribution < -0.4 is 5.73 Å². The zero-order chi connectivity index (χ0) is 11.8. The molecule has 2 heterocycles. The van der Waals surface area contributed by atoms with E-state index in [2.05, 4.69) is 36.0 Å². The Morgan fingerprint density at radius 2 is 2.29 bits per heavy atom. The molecule has 0 amide bonds. The van der Waals surface area contributed by atoms with Crippen LogP contribution in [0.2, 0.25) is 0 Å². The van der Waals surface area contributed by atoms with Gasteiger partial charge in [0.15, 0.2) is 0 Å². The van der Waals surface area contributed by atoms with Crippen LogP contribution in [0.25, 0.3) is 0 Å². The van der Waals surface area contributed by atoms with Gasteiger partial charge in [-0.1, -0.05) is 0 Å². The van der Waals surface area contributed by atoms with Gasteiger partial charge in [0.2, 0.25) is 0 Å². The van der Waals surface area contributed by atoms with Gasteiger partial charge in [0.05, 0.1) is 16.7 Å². The topological polar surface area (TPSA) is 42.2 Å². The van der Waals surface area contributed by atoms with Gasteiger partial charge in [-0.15, -0.1) is 23.7 Å². The van der Waals surface area contributed by atoms with Crippen LogP contribution in [0.5, 0.6) is 0 Å². The lowest BCUT2D eigenvalue weighted by atomic mass is 10.1. The first-order valence-electron chi connectivity index (χ1n) is 5.91. The first-order chi connectivity index (χ1) is 7.46. The van der Waals surface area contributed by atoms with Crippen LogP contribution in [0.1, 0.15) is 43.4 Å². The van der Waals surface area contributed by atoms with E-state index in [-0.39, 0.29) is 17.9 Å². The van der Waals surface area contributed by atoms with Gasteiger partial charge in [0, 0.05) is 17.5 Å². The van der Waals surface area contributed by atoms with Gasteiger partial charge in [-0.25, -0.2) is 4.98 Å². The molecule has 1 fully saturated rings. The van der Waals surface area contributed by atoms with E-state index in [1.54, 1.807) is 11.3 Å². The molecule has 0 spiro atoms. The van der Waals surface area contributed by atoms with Gasteiger partial charge in [-0.2, -0.15) is 0 Å². The number of halogens is 1. The highest BCUT2D eigenvalue weighted by Gasteiger charge is 2.30. The number of aryl methyl sites for hydroxylation is 1. The maximum absolute atomic E-state index is 6.10. The monoisotopic (exact) mass is 275 g/mol. The van der Waals surface area contributed by atoms with E-state index in [9.17, 15) is 0 Å². The Labute approximate surface area is 114 Å². The van der Waals surface area contributed by atoms with Crippen molar-refractivity contribution in [2.45, 2.75) is 45.2 Å². The van der Waals surface area contributed by atoms with Gasteiger partial charge in [-0.05, 0) is 40.2 Å². The Bertz CT molecular complexity index is 359. The molecule has 1 atom stereocenters. The highest BCUT2D eigenvalue weighted by molar-refractivity contribution is 7.09. The lowest BCUT2D eigenvalue weighted by Crippen LogP contribution is -2.45. The summed E-state index contributed by atoms with van der Waals surface area (Å²) in [5.41, 5.74) is 7.22. The Balaban J connectivity index is 0.00000144. The van der Waals surface area contributed by atoms with Crippen LogP contribution in [-0.2, 0) is 0 Å². The number of thiazole rings is 1. The zero-order valence-electron chi connectivity index (χ0n) is 10.8. The Morgan fingerprint density at radius 1 is 1.59 bits per heavy atom. The van der Waals surface area contributed by atoms with Crippen molar-refractivity contribution in [1.29, 1.82) is 0 Å². The smallest absolute Gasteiger partial charge is 0.0898 e. The number of nitrogens with two attached hydrogens (primary N) is 1. The summed E-state index contributed by atoms with van der Waals surface area (Å²) in [6, 6.07) is 0.493. The minimum Gasteiger partial charge on any atom is -0.324 e. The molecule has 1 saturated heterocycles. The third kappa shape index (κ3) is 3.91. The van der Waals surface area contributed by atoms with Gasteiger partial charge < -0.3 is 5.73 Å². The molecule has 3 nitrogen and oxygen atoms in total. The fourth-order valence-corrected chi connectivity index (χ4v) is 3.07. The van der Waals surface area contributed by atoms with Gasteiger partial charge >= 0.3 is 0 Å². The molecular weight excluding hydrogens is 254 g/mol. The second-order valence-corrected chi connectivity index (χ2v) is 6.47. The van der Waals surface area contributed by atoms with Gasteiger partial charge in [0.1, 0.15) is 0 Å². The zero-order valence-corrected chi connectivity index (χ0v) is 12.4. The maximum Gasteiger partial charge on any atom is 0.0898 e. The normalized spacial score (nSPS) is 21.5. The fraction of sp³-hybridized carbons (Fsp3) is 0.750. The largest absolute Gasteiger partial charge is 0.324 e. The number of rotatable bonds is 3. The lowest BCUT2D eigenvalue weighted by Gasteiger charge is -2.30. The van der Waals surface area contributed by atoms with E-state index in [4.69, 9.17) is 5.73 Å². The molecule has 1 aromatic heterocycles. The summed E-state index contributed by atoms with van der Waals surface area (Å²) in [5.74, 6) is 0. The second kappa shape index (κ2) is 5.65. The maximum atomic E-state index is 6.10. The SMILES string of the molecule is Cc1nc(C2CCCN2CC(C)(C)N)cs1.Cl. The lowest BCUT2D eigenvalue weighted by molar-refractivity contribution is 0.208. The van der Waals surface area contributed by atoms with E-state index >= 15 is 0 Å². The second-order valence-electron chi connectivity index (χ2n) is 5.41. The quantitative estimate of drug-likeness (QED) is 0.922. The summed E-state index contributed by atoms with van der Waals surface area (Å²) < 4.78 is 0. The van der Waals surface area contributed by atoms with Crippen molar-refractivity contribution in [2.24, 2.45) is 5.73 Å². The Kier molecular flexibility index (Phi) is 4.95. The molecule has 1 unspecified atom stereocenters. The molecule has 17 heavy (non-hydrogen) atoms. The fourth-order valence-electron chi connectivity index (χ4n) is 2.41. The van der Waals surface area contributed by atoms with Crippen molar-refractivity contribution < 1.29 is 0 Å². The third-order valence-corrected chi connectivity index (χ3v) is 3.74. The highest BCUT2D eigenvalue weighted by Crippen LogP contribution is 2.32. The van der Waals surface area contributed by atoms with Crippen LogP contribution in [0.15, 0.2) is 5.38 Å². The van der Waals surface area contributed by atoms with Crippen molar-refractivity contribution in [1.82, 2.24) is 9.88 Å². The third-order valence-electron chi connectivity index (χ3n) is 2.95. The van der Waals surface area contributed by atoms with Crippen LogP contribution in [0, 0.1) is 6.92 Å². The molecule has 1 aliphatic heterocycles. The number of hydrogen-bond donors (Lipinski definition) is 1. The van der Waals surface area contributed by atoms with E-state index in [1.807, 2.05) is 0 Å². The van der Waals surface area contributed by atoms with Crippen molar-refractivity contribution in [3.8, 4) is 0 Å². The molecule has 0 aromatic carbocycles. The summed E-state index contributed by atoms with van der Waals surface area (Å²) >= 11 is 1.74. The summed E-state index contributed by atoms with van der Waals surface area (Å²) in [4.78, 5) is 7.09. The molecule has 0 aliphatic carbocycles. The van der Waals surface area contributed by atoms with Crippen LogP contribution in [-0.4, -0.2) is 28.5 Å². The van der Waals surface area contributed by atoms with Gasteiger partial charge in [-0.3, -0.25) is 4.90 Å². The number of likely N-dealkylation sites (tertiary alicyclic amines) is 1. The minimum absolute atomic E-state index is 0. The predicted molar refractivity (Wildman–Crippen MR) is 75.9 cm³/mol. The van der Waals surface area contributed by atoms with E-state index in [0.717, 1.165) is 18.1 Å². The summed E-state index contributed by atoms with van der Waals surface area (Å²) in [6.07, 6.45) is 2.48. The molecular formula is C12H22ClN3S. The van der Waals surface area contributed by atoms with Crippen LogP contribution >= 0.6 is 23.7 Å². The van der Waals surface area contributed by atoms with Crippen molar-refractivity contribution in [2.75, 3.05) is 13.1 Å². The number of hydrogen-bond acceptors (Lipinski definition) is 4. The van der Waals surface area contributed by atoms with Crippen molar-refractivity contribution >= 4 is 23.7 Å². The number of aromatic nitrogens is 1. The molecule has 1 aliphatic rings. The Hall–Kier alpha value is -0.160. The molecule has 1 aromatic rings. The molecule has 0 bridgehead atoms.